The smallest absolute Gasteiger partial charge is 0.259 e. The van der Waals surface area contributed by atoms with Gasteiger partial charge in [-0.3, -0.25) is 4.79 Å². The van der Waals surface area contributed by atoms with Crippen LogP contribution in [0.5, 0.6) is 0 Å². The first kappa shape index (κ1) is 14.0. The highest BCUT2D eigenvalue weighted by atomic mass is 32.1. The Balaban J connectivity index is 1.76. The van der Waals surface area contributed by atoms with Gasteiger partial charge in [0, 0.05) is 4.88 Å². The maximum atomic E-state index is 13.8. The number of aryl methyl sites for hydroxylation is 1. The summed E-state index contributed by atoms with van der Waals surface area (Å²) < 4.78 is 15.3. The van der Waals surface area contributed by atoms with E-state index < -0.39 is 5.82 Å². The summed E-state index contributed by atoms with van der Waals surface area (Å²) in [4.78, 5) is 13.9. The molecule has 0 aliphatic heterocycles. The minimum atomic E-state index is -0.461. The number of para-hydroxylation sites is 1. The topological polar surface area (TPSA) is 72.7 Å². The molecule has 0 atom stereocenters. The van der Waals surface area contributed by atoms with Crippen LogP contribution in [0.25, 0.3) is 5.00 Å². The highest BCUT2D eigenvalue weighted by Gasteiger charge is 2.28. The second-order valence-electron chi connectivity index (χ2n) is 5.23. The maximum absolute atomic E-state index is 13.8. The van der Waals surface area contributed by atoms with Gasteiger partial charge in [-0.25, -0.2) is 4.39 Å². The van der Waals surface area contributed by atoms with Crippen LogP contribution in [0, 0.1) is 5.82 Å². The quantitative estimate of drug-likeness (QED) is 0.802. The van der Waals surface area contributed by atoms with Crippen molar-refractivity contribution in [1.29, 1.82) is 0 Å². The fourth-order valence-corrected chi connectivity index (χ4v) is 4.09. The van der Waals surface area contributed by atoms with Crippen molar-refractivity contribution in [2.24, 2.45) is 0 Å². The van der Waals surface area contributed by atoms with Crippen LogP contribution in [0.15, 0.2) is 30.6 Å². The van der Waals surface area contributed by atoms with E-state index in [1.807, 2.05) is 0 Å². The molecule has 2 heterocycles. The van der Waals surface area contributed by atoms with Gasteiger partial charge in [0.05, 0.1) is 11.3 Å². The summed E-state index contributed by atoms with van der Waals surface area (Å²) in [6.07, 6.45) is 4.27. The molecule has 0 fully saturated rings. The zero-order valence-electron chi connectivity index (χ0n) is 12.0. The molecule has 1 N–H and O–H groups in total. The summed E-state index contributed by atoms with van der Waals surface area (Å²) in [7, 11) is 0. The number of benzene rings is 1. The number of thiophene rings is 1. The number of hydrogen-bond donors (Lipinski definition) is 1. The zero-order chi connectivity index (χ0) is 15.8. The van der Waals surface area contributed by atoms with E-state index in [1.165, 1.54) is 39.4 Å². The molecule has 0 saturated heterocycles. The number of anilines is 1. The maximum Gasteiger partial charge on any atom is 0.259 e. The normalized spacial score (nSPS) is 13.1. The first-order valence-electron chi connectivity index (χ1n) is 7.18. The molecule has 8 heteroatoms. The van der Waals surface area contributed by atoms with E-state index in [4.69, 9.17) is 0 Å². The number of amides is 1. The van der Waals surface area contributed by atoms with Gasteiger partial charge in [-0.1, -0.05) is 12.1 Å². The minimum Gasteiger partial charge on any atom is -0.319 e. The Kier molecular flexibility index (Phi) is 3.38. The highest BCUT2D eigenvalue weighted by Crippen LogP contribution is 2.37. The minimum absolute atomic E-state index is 0.165. The number of halogens is 1. The molecule has 0 bridgehead atoms. The van der Waals surface area contributed by atoms with Crippen molar-refractivity contribution >= 4 is 22.9 Å². The Morgan fingerprint density at radius 3 is 2.96 bits per heavy atom. The Morgan fingerprint density at radius 1 is 1.30 bits per heavy atom. The molecule has 1 amide bonds. The average Bonchev–Trinajstić information content (AvgIpc) is 3.24. The molecule has 0 radical (unpaired) electrons. The molecule has 23 heavy (non-hydrogen) atoms. The third kappa shape index (κ3) is 2.40. The summed E-state index contributed by atoms with van der Waals surface area (Å²) >= 11 is 1.52. The van der Waals surface area contributed by atoms with Crippen molar-refractivity contribution in [2.75, 3.05) is 5.32 Å². The Labute approximate surface area is 135 Å². The first-order chi connectivity index (χ1) is 11.2. The van der Waals surface area contributed by atoms with Crippen LogP contribution in [0.1, 0.15) is 27.2 Å². The third-order valence-corrected chi connectivity index (χ3v) is 5.09. The van der Waals surface area contributed by atoms with Crippen molar-refractivity contribution in [3.8, 4) is 5.00 Å². The number of nitrogens with zero attached hydrogens (tertiary/aromatic N) is 4. The van der Waals surface area contributed by atoms with E-state index in [2.05, 4.69) is 20.8 Å². The van der Waals surface area contributed by atoms with Crippen LogP contribution in [-0.2, 0) is 12.8 Å². The number of carbonyl (C=O) groups is 1. The van der Waals surface area contributed by atoms with Crippen molar-refractivity contribution in [2.45, 2.75) is 19.3 Å². The molecule has 1 aliphatic rings. The highest BCUT2D eigenvalue weighted by molar-refractivity contribution is 7.15. The van der Waals surface area contributed by atoms with Gasteiger partial charge in [-0.2, -0.15) is 4.68 Å². The number of rotatable bonds is 3. The number of tetrazole rings is 1. The van der Waals surface area contributed by atoms with Gasteiger partial charge in [0.1, 0.15) is 17.1 Å². The lowest BCUT2D eigenvalue weighted by molar-refractivity contribution is 0.102. The van der Waals surface area contributed by atoms with Gasteiger partial charge in [-0.05, 0) is 47.4 Å². The lowest BCUT2D eigenvalue weighted by atomic mass is 10.1. The molecular formula is C15H12FN5OS. The molecule has 1 aliphatic carbocycles. The summed E-state index contributed by atoms with van der Waals surface area (Å²) in [5.41, 5.74) is 1.73. The van der Waals surface area contributed by atoms with Crippen molar-refractivity contribution in [1.82, 2.24) is 20.2 Å². The second kappa shape index (κ2) is 5.54. The van der Waals surface area contributed by atoms with Crippen molar-refractivity contribution in [3.63, 3.8) is 0 Å². The van der Waals surface area contributed by atoms with Crippen LogP contribution in [-0.4, -0.2) is 26.1 Å². The number of carbonyl (C=O) groups excluding carboxylic acids is 1. The van der Waals surface area contributed by atoms with Gasteiger partial charge in [0.2, 0.25) is 0 Å². The van der Waals surface area contributed by atoms with Gasteiger partial charge >= 0.3 is 0 Å². The molecule has 0 unspecified atom stereocenters. The van der Waals surface area contributed by atoms with Crippen LogP contribution >= 0.6 is 11.3 Å². The first-order valence-corrected chi connectivity index (χ1v) is 7.99. The Bertz CT molecular complexity index is 874. The molecule has 2 aromatic heterocycles. The third-order valence-electron chi connectivity index (χ3n) is 3.81. The van der Waals surface area contributed by atoms with E-state index in [0.29, 0.717) is 10.6 Å². The van der Waals surface area contributed by atoms with Crippen molar-refractivity contribution in [3.05, 3.63) is 52.4 Å². The summed E-state index contributed by atoms with van der Waals surface area (Å²) in [5, 5.41) is 14.5. The van der Waals surface area contributed by atoms with E-state index >= 15 is 0 Å². The predicted molar refractivity (Wildman–Crippen MR) is 83.4 cm³/mol. The summed E-state index contributed by atoms with van der Waals surface area (Å²) in [6, 6.07) is 6.12. The molecule has 1 aromatic carbocycles. The van der Waals surface area contributed by atoms with Crippen LogP contribution in [0.4, 0.5) is 10.1 Å². The number of aromatic nitrogens is 4. The van der Waals surface area contributed by atoms with Crippen LogP contribution in [0.2, 0.25) is 0 Å². The van der Waals surface area contributed by atoms with Crippen molar-refractivity contribution < 1.29 is 9.18 Å². The van der Waals surface area contributed by atoms with E-state index in [9.17, 15) is 9.18 Å². The Morgan fingerprint density at radius 2 is 2.17 bits per heavy atom. The average molecular weight is 329 g/mol. The summed E-state index contributed by atoms with van der Waals surface area (Å²) in [6.45, 7) is 0. The van der Waals surface area contributed by atoms with Crippen LogP contribution < -0.4 is 5.32 Å². The fraction of sp³-hybridized carbons (Fsp3) is 0.200. The second-order valence-corrected chi connectivity index (χ2v) is 6.31. The summed E-state index contributed by atoms with van der Waals surface area (Å²) in [5.74, 6) is -0.795. The van der Waals surface area contributed by atoms with E-state index in [-0.39, 0.29) is 11.6 Å². The Hall–Kier alpha value is -2.61. The zero-order valence-corrected chi connectivity index (χ0v) is 12.8. The molecular weight excluding hydrogens is 317 g/mol. The van der Waals surface area contributed by atoms with Gasteiger partial charge in [0.25, 0.3) is 5.91 Å². The standard InChI is InChI=1S/C15H12FN5OS/c16-10-5-1-2-6-11(10)18-14(22)13-9-4-3-7-12(9)23-15(13)21-8-17-19-20-21/h1-2,5-6,8H,3-4,7H2,(H,18,22). The SMILES string of the molecule is O=C(Nc1ccccc1F)c1c(-n2cnnn2)sc2c1CCC2. The molecule has 0 saturated carbocycles. The van der Waals surface area contributed by atoms with E-state index in [1.54, 1.807) is 12.1 Å². The number of fused-ring (bicyclic) bond motifs is 1. The molecule has 3 aromatic rings. The molecule has 6 nitrogen and oxygen atoms in total. The van der Waals surface area contributed by atoms with Gasteiger partial charge in [0.15, 0.2) is 0 Å². The number of nitrogens with one attached hydrogen (secondary N) is 1. The van der Waals surface area contributed by atoms with Gasteiger partial charge in [-0.15, -0.1) is 16.4 Å². The van der Waals surface area contributed by atoms with Gasteiger partial charge < -0.3 is 5.32 Å². The molecule has 0 spiro atoms. The molecule has 116 valence electrons. The monoisotopic (exact) mass is 329 g/mol. The largest absolute Gasteiger partial charge is 0.319 e. The fourth-order valence-electron chi connectivity index (χ4n) is 2.79. The molecule has 4 rings (SSSR count). The number of hydrogen-bond acceptors (Lipinski definition) is 5. The van der Waals surface area contributed by atoms with Crippen LogP contribution in [0.3, 0.4) is 0 Å². The lowest BCUT2D eigenvalue weighted by Gasteiger charge is -2.08. The van der Waals surface area contributed by atoms with E-state index in [0.717, 1.165) is 24.8 Å². The predicted octanol–water partition coefficient (Wildman–Crippen LogP) is 2.60. The lowest BCUT2D eigenvalue weighted by Crippen LogP contribution is -2.16.